The van der Waals surface area contributed by atoms with Gasteiger partial charge in [0.25, 0.3) is 0 Å². The molecule has 0 radical (unpaired) electrons. The average Bonchev–Trinajstić information content (AvgIpc) is 3.18. The Labute approximate surface area is 133 Å². The second kappa shape index (κ2) is 5.50. The Hall–Kier alpha value is -2.69. The predicted octanol–water partition coefficient (Wildman–Crippen LogP) is 2.75. The van der Waals surface area contributed by atoms with Gasteiger partial charge in [-0.05, 0) is 37.0 Å². The molecule has 0 atom stereocenters. The first-order valence-corrected chi connectivity index (χ1v) is 7.77. The minimum Gasteiger partial charge on any atom is -0.464 e. The van der Waals surface area contributed by atoms with Crippen LogP contribution in [0.4, 0.5) is 0 Å². The molecule has 0 aliphatic heterocycles. The van der Waals surface area contributed by atoms with Gasteiger partial charge in [-0.15, -0.1) is 0 Å². The van der Waals surface area contributed by atoms with Gasteiger partial charge in [0.05, 0.1) is 19.2 Å². The van der Waals surface area contributed by atoms with Crippen LogP contribution in [0.25, 0.3) is 10.9 Å². The first-order valence-electron chi connectivity index (χ1n) is 7.77. The van der Waals surface area contributed by atoms with E-state index in [9.17, 15) is 4.79 Å². The largest absolute Gasteiger partial charge is 0.464 e. The molecule has 3 aromatic rings. The van der Waals surface area contributed by atoms with Gasteiger partial charge in [-0.1, -0.05) is 18.2 Å². The second-order valence-corrected chi connectivity index (χ2v) is 5.81. The SMILES string of the molecule is COC(=O)c1nn(Cc2cnc3ccccc3c2)c2c1CCC2. The summed E-state index contributed by atoms with van der Waals surface area (Å²) in [5.74, 6) is -0.349. The topological polar surface area (TPSA) is 57.0 Å². The van der Waals surface area contributed by atoms with Gasteiger partial charge in [0.15, 0.2) is 5.69 Å². The third-order valence-corrected chi connectivity index (χ3v) is 4.37. The molecule has 0 unspecified atom stereocenters. The van der Waals surface area contributed by atoms with Crippen LogP contribution in [-0.2, 0) is 24.1 Å². The molecule has 0 N–H and O–H groups in total. The summed E-state index contributed by atoms with van der Waals surface area (Å²) in [6, 6.07) is 10.2. The number of benzene rings is 1. The number of esters is 1. The van der Waals surface area contributed by atoms with Gasteiger partial charge in [0.1, 0.15) is 0 Å². The number of ether oxygens (including phenoxy) is 1. The molecule has 0 spiro atoms. The molecule has 116 valence electrons. The number of rotatable bonds is 3. The van der Waals surface area contributed by atoms with Crippen molar-refractivity contribution < 1.29 is 9.53 Å². The zero-order valence-corrected chi connectivity index (χ0v) is 13.0. The zero-order chi connectivity index (χ0) is 15.8. The molecule has 1 aliphatic rings. The molecule has 5 nitrogen and oxygen atoms in total. The number of nitrogens with zero attached hydrogens (tertiary/aromatic N) is 3. The van der Waals surface area contributed by atoms with Crippen molar-refractivity contribution in [3.05, 3.63) is 59.0 Å². The second-order valence-electron chi connectivity index (χ2n) is 5.81. The Balaban J connectivity index is 1.72. The Morgan fingerprint density at radius 3 is 3.04 bits per heavy atom. The summed E-state index contributed by atoms with van der Waals surface area (Å²) in [5.41, 5.74) is 4.73. The predicted molar refractivity (Wildman–Crippen MR) is 86.4 cm³/mol. The Morgan fingerprint density at radius 1 is 1.30 bits per heavy atom. The van der Waals surface area contributed by atoms with E-state index in [1.807, 2.05) is 29.1 Å². The molecule has 4 rings (SSSR count). The maximum Gasteiger partial charge on any atom is 0.358 e. The van der Waals surface area contributed by atoms with E-state index < -0.39 is 0 Å². The molecule has 5 heteroatoms. The molecule has 2 aromatic heterocycles. The highest BCUT2D eigenvalue weighted by molar-refractivity contribution is 5.89. The fraction of sp³-hybridized carbons (Fsp3) is 0.278. The van der Waals surface area contributed by atoms with E-state index in [-0.39, 0.29) is 5.97 Å². The minimum atomic E-state index is -0.349. The standard InChI is InChI=1S/C18H17N3O2/c1-23-18(22)17-14-6-4-8-16(14)21(20-17)11-12-9-13-5-2-3-7-15(13)19-10-12/h2-3,5,7,9-10H,4,6,8,11H2,1H3. The van der Waals surface area contributed by atoms with Crippen LogP contribution in [0.2, 0.25) is 0 Å². The Morgan fingerprint density at radius 2 is 2.17 bits per heavy atom. The van der Waals surface area contributed by atoms with E-state index in [0.29, 0.717) is 12.2 Å². The lowest BCUT2D eigenvalue weighted by Crippen LogP contribution is -2.09. The van der Waals surface area contributed by atoms with E-state index >= 15 is 0 Å². The third-order valence-electron chi connectivity index (χ3n) is 4.37. The maximum absolute atomic E-state index is 11.9. The number of carbonyl (C=O) groups excluding carboxylic acids is 1. The number of fused-ring (bicyclic) bond motifs is 2. The summed E-state index contributed by atoms with van der Waals surface area (Å²) in [4.78, 5) is 16.4. The van der Waals surface area contributed by atoms with Crippen LogP contribution in [0.3, 0.4) is 0 Å². The van der Waals surface area contributed by atoms with E-state index in [1.54, 1.807) is 0 Å². The van der Waals surface area contributed by atoms with Gasteiger partial charge < -0.3 is 4.74 Å². The smallest absolute Gasteiger partial charge is 0.358 e. The summed E-state index contributed by atoms with van der Waals surface area (Å²) in [6.07, 6.45) is 4.80. The molecule has 0 bridgehead atoms. The van der Waals surface area contributed by atoms with Crippen molar-refractivity contribution in [1.82, 2.24) is 14.8 Å². The van der Waals surface area contributed by atoms with E-state index in [4.69, 9.17) is 4.74 Å². The molecule has 2 heterocycles. The molecule has 1 aromatic carbocycles. The third kappa shape index (κ3) is 2.38. The minimum absolute atomic E-state index is 0.349. The van der Waals surface area contributed by atoms with Crippen LogP contribution in [-0.4, -0.2) is 27.8 Å². The monoisotopic (exact) mass is 307 g/mol. The zero-order valence-electron chi connectivity index (χ0n) is 13.0. The fourth-order valence-electron chi connectivity index (χ4n) is 3.28. The highest BCUT2D eigenvalue weighted by Gasteiger charge is 2.26. The molecular formula is C18H17N3O2. The number of hydrogen-bond acceptors (Lipinski definition) is 4. The Kier molecular flexibility index (Phi) is 3.33. The van der Waals surface area contributed by atoms with Crippen LogP contribution < -0.4 is 0 Å². The molecule has 0 saturated heterocycles. The van der Waals surface area contributed by atoms with Crippen molar-refractivity contribution in [3.8, 4) is 0 Å². The van der Waals surface area contributed by atoms with Gasteiger partial charge in [-0.3, -0.25) is 9.67 Å². The normalized spacial score (nSPS) is 13.3. The van der Waals surface area contributed by atoms with Crippen LogP contribution >= 0.6 is 0 Å². The van der Waals surface area contributed by atoms with Crippen molar-refractivity contribution >= 4 is 16.9 Å². The maximum atomic E-state index is 11.9. The van der Waals surface area contributed by atoms with Gasteiger partial charge in [0.2, 0.25) is 0 Å². The summed E-state index contributed by atoms with van der Waals surface area (Å²) in [5, 5.41) is 5.61. The highest BCUT2D eigenvalue weighted by atomic mass is 16.5. The van der Waals surface area contributed by atoms with Crippen LogP contribution in [0.1, 0.15) is 33.7 Å². The van der Waals surface area contributed by atoms with E-state index in [2.05, 4.69) is 22.2 Å². The first kappa shape index (κ1) is 13.9. The van der Waals surface area contributed by atoms with Crippen molar-refractivity contribution in [1.29, 1.82) is 0 Å². The summed E-state index contributed by atoms with van der Waals surface area (Å²) in [7, 11) is 1.40. The number of pyridine rings is 1. The summed E-state index contributed by atoms with van der Waals surface area (Å²) < 4.78 is 6.79. The lowest BCUT2D eigenvalue weighted by molar-refractivity contribution is 0.0592. The average molecular weight is 307 g/mol. The van der Waals surface area contributed by atoms with Crippen LogP contribution in [0.15, 0.2) is 36.5 Å². The number of para-hydroxylation sites is 1. The molecule has 23 heavy (non-hydrogen) atoms. The molecule has 1 aliphatic carbocycles. The molecule has 0 fully saturated rings. The Bertz CT molecular complexity index is 898. The van der Waals surface area contributed by atoms with Gasteiger partial charge in [-0.2, -0.15) is 5.10 Å². The lowest BCUT2D eigenvalue weighted by atomic mass is 10.1. The van der Waals surface area contributed by atoms with Crippen molar-refractivity contribution in [3.63, 3.8) is 0 Å². The first-order chi connectivity index (χ1) is 11.3. The highest BCUT2D eigenvalue weighted by Crippen LogP contribution is 2.26. The molecule has 0 saturated carbocycles. The molecular weight excluding hydrogens is 290 g/mol. The summed E-state index contributed by atoms with van der Waals surface area (Å²) >= 11 is 0. The molecule has 0 amide bonds. The van der Waals surface area contributed by atoms with Crippen molar-refractivity contribution in [2.24, 2.45) is 0 Å². The number of methoxy groups -OCH3 is 1. The van der Waals surface area contributed by atoms with Crippen LogP contribution in [0.5, 0.6) is 0 Å². The van der Waals surface area contributed by atoms with Gasteiger partial charge in [0, 0.05) is 22.8 Å². The lowest BCUT2D eigenvalue weighted by Gasteiger charge is -2.06. The quantitative estimate of drug-likeness (QED) is 0.698. The van der Waals surface area contributed by atoms with Crippen molar-refractivity contribution in [2.75, 3.05) is 7.11 Å². The van der Waals surface area contributed by atoms with Gasteiger partial charge in [-0.25, -0.2) is 4.79 Å². The van der Waals surface area contributed by atoms with Crippen LogP contribution in [0, 0.1) is 0 Å². The van der Waals surface area contributed by atoms with Crippen molar-refractivity contribution in [2.45, 2.75) is 25.8 Å². The van der Waals surface area contributed by atoms with E-state index in [0.717, 1.165) is 47.0 Å². The number of hydrogen-bond donors (Lipinski definition) is 0. The summed E-state index contributed by atoms with van der Waals surface area (Å²) in [6.45, 7) is 0.622. The number of carbonyl (C=O) groups is 1. The van der Waals surface area contributed by atoms with E-state index in [1.165, 1.54) is 7.11 Å². The fourth-order valence-corrected chi connectivity index (χ4v) is 3.28. The number of aromatic nitrogens is 3. The van der Waals surface area contributed by atoms with Gasteiger partial charge >= 0.3 is 5.97 Å².